The fraction of sp³-hybridized carbons (Fsp3) is 0.500. The number of amides is 1. The molecule has 0 radical (unpaired) electrons. The molecule has 1 aromatic heterocycles. The van der Waals surface area contributed by atoms with Gasteiger partial charge in [0.1, 0.15) is 11.4 Å². The van der Waals surface area contributed by atoms with E-state index in [2.05, 4.69) is 29.0 Å². The molecular formula is C22H29N5O2. The first-order valence-electron chi connectivity index (χ1n) is 10.4. The van der Waals surface area contributed by atoms with E-state index in [1.807, 2.05) is 7.05 Å². The van der Waals surface area contributed by atoms with Crippen molar-refractivity contribution < 1.29 is 9.90 Å². The van der Waals surface area contributed by atoms with Crippen molar-refractivity contribution in [2.24, 2.45) is 5.92 Å². The van der Waals surface area contributed by atoms with Crippen molar-refractivity contribution in [1.29, 1.82) is 0 Å². The highest BCUT2D eigenvalue weighted by molar-refractivity contribution is 5.97. The zero-order valence-electron chi connectivity index (χ0n) is 17.3. The van der Waals surface area contributed by atoms with Gasteiger partial charge in [0, 0.05) is 31.2 Å². The third-order valence-electron chi connectivity index (χ3n) is 6.08. The van der Waals surface area contributed by atoms with E-state index in [1.54, 1.807) is 35.4 Å². The minimum atomic E-state index is 0.105. The molecule has 1 fully saturated rings. The van der Waals surface area contributed by atoms with Gasteiger partial charge in [-0.3, -0.25) is 4.79 Å². The average molecular weight is 396 g/mol. The molecule has 1 saturated carbocycles. The number of fused-ring (bicyclic) bond motifs is 1. The van der Waals surface area contributed by atoms with Crippen molar-refractivity contribution in [3.63, 3.8) is 0 Å². The Labute approximate surface area is 171 Å². The quantitative estimate of drug-likeness (QED) is 0.760. The Bertz CT molecular complexity index is 877. The number of benzene rings is 1. The molecule has 1 aliphatic carbocycles. The van der Waals surface area contributed by atoms with Gasteiger partial charge in [0.25, 0.3) is 0 Å². The summed E-state index contributed by atoms with van der Waals surface area (Å²) in [6, 6.07) is 7.33. The zero-order chi connectivity index (χ0) is 20.5. The molecule has 1 aromatic carbocycles. The summed E-state index contributed by atoms with van der Waals surface area (Å²) in [5, 5.41) is 12.7. The number of carbonyl (C=O) groups excluding carboxylic acids is 1. The molecule has 1 atom stereocenters. The number of nitrogens with one attached hydrogen (secondary N) is 1. The second-order valence-electron chi connectivity index (χ2n) is 8.39. The maximum Gasteiger partial charge on any atom is 0.229 e. The van der Waals surface area contributed by atoms with Crippen molar-refractivity contribution >= 4 is 29.0 Å². The number of rotatable bonds is 4. The fourth-order valence-corrected chi connectivity index (χ4v) is 4.42. The monoisotopic (exact) mass is 395 g/mol. The first-order valence-corrected chi connectivity index (χ1v) is 10.4. The van der Waals surface area contributed by atoms with Gasteiger partial charge < -0.3 is 20.2 Å². The van der Waals surface area contributed by atoms with Gasteiger partial charge in [-0.25, -0.2) is 4.98 Å². The Hall–Kier alpha value is -2.83. The third kappa shape index (κ3) is 3.86. The first kappa shape index (κ1) is 19.5. The lowest BCUT2D eigenvalue weighted by atomic mass is 9.96. The van der Waals surface area contributed by atoms with E-state index in [9.17, 15) is 9.90 Å². The molecule has 7 heteroatoms. The number of hydrogen-bond donors (Lipinski definition) is 2. The first-order chi connectivity index (χ1) is 13.9. The summed E-state index contributed by atoms with van der Waals surface area (Å²) >= 11 is 0. The van der Waals surface area contributed by atoms with E-state index in [4.69, 9.17) is 4.98 Å². The van der Waals surface area contributed by atoms with Gasteiger partial charge in [0.05, 0.1) is 6.20 Å². The Balaban J connectivity index is 1.77. The predicted molar refractivity (Wildman–Crippen MR) is 115 cm³/mol. The molecule has 2 N–H and O–H groups in total. The van der Waals surface area contributed by atoms with Gasteiger partial charge in [0.15, 0.2) is 5.82 Å². The Morgan fingerprint density at radius 1 is 1.17 bits per heavy atom. The second-order valence-corrected chi connectivity index (χ2v) is 8.39. The molecule has 1 amide bonds. The molecule has 1 aliphatic heterocycles. The maximum atomic E-state index is 12.9. The number of hydrogen-bond acceptors (Lipinski definition) is 6. The van der Waals surface area contributed by atoms with Crippen LogP contribution in [0.5, 0.6) is 5.75 Å². The Kier molecular flexibility index (Phi) is 5.30. The van der Waals surface area contributed by atoms with Crippen LogP contribution in [0.25, 0.3) is 0 Å². The summed E-state index contributed by atoms with van der Waals surface area (Å²) in [5.41, 5.74) is 1.56. The standard InChI is InChI=1S/C22H29N5O2/c1-14(2)18-12-20(29)26(3)19-13-23-22(24-15-8-10-17(28)11-9-15)25-21(19)27(18)16-6-4-5-7-16/h8-11,13-14,16,18,28H,4-7,12H2,1-3H3,(H,23,24,25). The zero-order valence-corrected chi connectivity index (χ0v) is 17.3. The summed E-state index contributed by atoms with van der Waals surface area (Å²) in [6.45, 7) is 4.36. The summed E-state index contributed by atoms with van der Waals surface area (Å²) in [4.78, 5) is 26.3. The normalized spacial score (nSPS) is 20.1. The average Bonchev–Trinajstić information content (AvgIpc) is 3.20. The molecule has 29 heavy (non-hydrogen) atoms. The Morgan fingerprint density at radius 3 is 2.52 bits per heavy atom. The molecular weight excluding hydrogens is 366 g/mol. The number of phenols is 1. The van der Waals surface area contributed by atoms with Crippen molar-refractivity contribution in [2.45, 2.75) is 58.0 Å². The van der Waals surface area contributed by atoms with E-state index in [1.165, 1.54) is 12.8 Å². The SMILES string of the molecule is CC(C)C1CC(=O)N(C)c2cnc(Nc3ccc(O)cc3)nc2N1C1CCCC1. The minimum Gasteiger partial charge on any atom is -0.508 e. The molecule has 154 valence electrons. The summed E-state index contributed by atoms with van der Waals surface area (Å²) in [6.07, 6.45) is 6.93. The Morgan fingerprint density at radius 2 is 1.86 bits per heavy atom. The highest BCUT2D eigenvalue weighted by Gasteiger charge is 2.38. The number of phenolic OH excluding ortho intramolecular Hbond substituents is 1. The van der Waals surface area contributed by atoms with Gasteiger partial charge in [-0.15, -0.1) is 0 Å². The fourth-order valence-electron chi connectivity index (χ4n) is 4.42. The number of aromatic hydroxyl groups is 1. The van der Waals surface area contributed by atoms with Crippen LogP contribution in [-0.2, 0) is 4.79 Å². The molecule has 2 aromatic rings. The largest absolute Gasteiger partial charge is 0.508 e. The van der Waals surface area contributed by atoms with Crippen LogP contribution in [0.2, 0.25) is 0 Å². The van der Waals surface area contributed by atoms with Crippen LogP contribution in [0.3, 0.4) is 0 Å². The lowest BCUT2D eigenvalue weighted by Gasteiger charge is -2.38. The smallest absolute Gasteiger partial charge is 0.229 e. The minimum absolute atomic E-state index is 0.105. The van der Waals surface area contributed by atoms with Crippen molar-refractivity contribution in [3.05, 3.63) is 30.5 Å². The summed E-state index contributed by atoms with van der Waals surface area (Å²) < 4.78 is 0. The van der Waals surface area contributed by atoms with E-state index >= 15 is 0 Å². The van der Waals surface area contributed by atoms with Crippen LogP contribution in [0.1, 0.15) is 46.0 Å². The van der Waals surface area contributed by atoms with Crippen molar-refractivity contribution in [2.75, 3.05) is 22.2 Å². The molecule has 0 spiro atoms. The number of carbonyl (C=O) groups is 1. The van der Waals surface area contributed by atoms with Crippen LogP contribution < -0.4 is 15.1 Å². The van der Waals surface area contributed by atoms with Gasteiger partial charge in [-0.2, -0.15) is 4.98 Å². The van der Waals surface area contributed by atoms with Crippen LogP contribution >= 0.6 is 0 Å². The lowest BCUT2D eigenvalue weighted by Crippen LogP contribution is -2.46. The van der Waals surface area contributed by atoms with Gasteiger partial charge in [0.2, 0.25) is 11.9 Å². The summed E-state index contributed by atoms with van der Waals surface area (Å²) in [7, 11) is 1.81. The number of aromatic nitrogens is 2. The highest BCUT2D eigenvalue weighted by Crippen LogP contribution is 2.40. The molecule has 7 nitrogen and oxygen atoms in total. The van der Waals surface area contributed by atoms with Gasteiger partial charge in [-0.1, -0.05) is 26.7 Å². The van der Waals surface area contributed by atoms with Crippen LogP contribution in [0, 0.1) is 5.92 Å². The van der Waals surface area contributed by atoms with Crippen molar-refractivity contribution in [1.82, 2.24) is 9.97 Å². The topological polar surface area (TPSA) is 81.6 Å². The molecule has 1 unspecified atom stereocenters. The summed E-state index contributed by atoms with van der Waals surface area (Å²) in [5.74, 6) is 1.98. The maximum absolute atomic E-state index is 12.9. The molecule has 2 heterocycles. The van der Waals surface area contributed by atoms with E-state index < -0.39 is 0 Å². The van der Waals surface area contributed by atoms with Gasteiger partial charge >= 0.3 is 0 Å². The third-order valence-corrected chi connectivity index (χ3v) is 6.08. The predicted octanol–water partition coefficient (Wildman–Crippen LogP) is 4.07. The van der Waals surface area contributed by atoms with E-state index in [0.717, 1.165) is 30.0 Å². The van der Waals surface area contributed by atoms with Crippen molar-refractivity contribution in [3.8, 4) is 5.75 Å². The second kappa shape index (κ2) is 7.89. The van der Waals surface area contributed by atoms with Crippen LogP contribution in [0.4, 0.5) is 23.1 Å². The lowest BCUT2D eigenvalue weighted by molar-refractivity contribution is -0.118. The van der Waals surface area contributed by atoms with Crippen LogP contribution in [-0.4, -0.2) is 40.1 Å². The van der Waals surface area contributed by atoms with E-state index in [0.29, 0.717) is 24.3 Å². The molecule has 4 rings (SSSR count). The molecule has 0 bridgehead atoms. The van der Waals surface area contributed by atoms with Crippen LogP contribution in [0.15, 0.2) is 30.5 Å². The number of anilines is 4. The van der Waals surface area contributed by atoms with E-state index in [-0.39, 0.29) is 17.7 Å². The number of nitrogens with zero attached hydrogens (tertiary/aromatic N) is 4. The highest BCUT2D eigenvalue weighted by atomic mass is 16.3. The van der Waals surface area contributed by atoms with Gasteiger partial charge in [-0.05, 0) is 43.0 Å². The molecule has 0 saturated heterocycles. The molecule has 2 aliphatic rings.